The molecule has 22 heavy (non-hydrogen) atoms. The van der Waals surface area contributed by atoms with Crippen LogP contribution in [0.2, 0.25) is 0 Å². The molecule has 0 radical (unpaired) electrons. The van der Waals surface area contributed by atoms with E-state index in [1.54, 1.807) is 0 Å². The molecule has 0 aromatic carbocycles. The molecule has 0 spiro atoms. The molecular formula is C16H22N6. The van der Waals surface area contributed by atoms with Gasteiger partial charge in [-0.2, -0.15) is 14.7 Å². The quantitative estimate of drug-likeness (QED) is 0.744. The second kappa shape index (κ2) is 5.12. The largest absolute Gasteiger partial charge is 0.355 e. The lowest BCUT2D eigenvalue weighted by Crippen LogP contribution is -2.20. The fraction of sp³-hybridized carbons (Fsp3) is 0.438. The number of aryl methyl sites for hydroxylation is 4. The van der Waals surface area contributed by atoms with Crippen molar-refractivity contribution < 1.29 is 0 Å². The van der Waals surface area contributed by atoms with Gasteiger partial charge in [0.1, 0.15) is 5.82 Å². The van der Waals surface area contributed by atoms with E-state index in [-0.39, 0.29) is 0 Å². The number of anilines is 1. The molecule has 0 bridgehead atoms. The Kier molecular flexibility index (Phi) is 3.39. The third kappa shape index (κ3) is 2.24. The molecule has 0 amide bonds. The summed E-state index contributed by atoms with van der Waals surface area (Å²) in [6.07, 6.45) is 1.93. The Morgan fingerprint density at radius 2 is 1.91 bits per heavy atom. The predicted octanol–water partition coefficient (Wildman–Crippen LogP) is 2.33. The van der Waals surface area contributed by atoms with Crippen LogP contribution in [0.1, 0.15) is 28.2 Å². The first-order valence-corrected chi connectivity index (χ1v) is 7.40. The first kappa shape index (κ1) is 14.6. The molecular weight excluding hydrogens is 276 g/mol. The van der Waals surface area contributed by atoms with E-state index in [1.165, 1.54) is 11.3 Å². The van der Waals surface area contributed by atoms with E-state index in [0.29, 0.717) is 0 Å². The molecule has 0 atom stereocenters. The first-order chi connectivity index (χ1) is 10.4. The average Bonchev–Trinajstić information content (AvgIpc) is 2.93. The monoisotopic (exact) mass is 298 g/mol. The van der Waals surface area contributed by atoms with E-state index in [0.717, 1.165) is 35.0 Å². The summed E-state index contributed by atoms with van der Waals surface area (Å²) in [4.78, 5) is 6.82. The van der Waals surface area contributed by atoms with E-state index < -0.39 is 0 Å². The fourth-order valence-electron chi connectivity index (χ4n) is 2.64. The highest BCUT2D eigenvalue weighted by Gasteiger charge is 2.15. The molecule has 3 heterocycles. The minimum atomic E-state index is 0.788. The Labute approximate surface area is 130 Å². The molecule has 0 unspecified atom stereocenters. The van der Waals surface area contributed by atoms with Crippen LogP contribution in [0.25, 0.3) is 5.65 Å². The molecule has 3 rings (SSSR count). The van der Waals surface area contributed by atoms with Gasteiger partial charge >= 0.3 is 0 Å². The van der Waals surface area contributed by atoms with Gasteiger partial charge in [-0.05, 0) is 27.7 Å². The van der Waals surface area contributed by atoms with Gasteiger partial charge in [0.15, 0.2) is 5.65 Å². The summed E-state index contributed by atoms with van der Waals surface area (Å²) in [6, 6.07) is 2.07. The van der Waals surface area contributed by atoms with Crippen molar-refractivity contribution in [2.24, 2.45) is 7.05 Å². The van der Waals surface area contributed by atoms with Crippen LogP contribution >= 0.6 is 0 Å². The Bertz CT molecular complexity index is 842. The van der Waals surface area contributed by atoms with Gasteiger partial charge in [-0.3, -0.25) is 4.68 Å². The maximum atomic E-state index is 4.64. The Morgan fingerprint density at radius 3 is 2.55 bits per heavy atom. The van der Waals surface area contributed by atoms with Crippen LogP contribution in [0.5, 0.6) is 0 Å². The van der Waals surface area contributed by atoms with E-state index >= 15 is 0 Å². The van der Waals surface area contributed by atoms with Crippen LogP contribution in [0.4, 0.5) is 5.82 Å². The first-order valence-electron chi connectivity index (χ1n) is 7.40. The van der Waals surface area contributed by atoms with Gasteiger partial charge in [-0.1, -0.05) is 0 Å². The summed E-state index contributed by atoms with van der Waals surface area (Å²) in [6.45, 7) is 8.99. The number of hydrogen-bond acceptors (Lipinski definition) is 4. The summed E-state index contributed by atoms with van der Waals surface area (Å²) in [5.41, 5.74) is 6.48. The minimum Gasteiger partial charge on any atom is -0.355 e. The van der Waals surface area contributed by atoms with Gasteiger partial charge in [0.25, 0.3) is 0 Å². The third-order valence-electron chi connectivity index (χ3n) is 4.30. The number of fused-ring (bicyclic) bond motifs is 1. The summed E-state index contributed by atoms with van der Waals surface area (Å²) >= 11 is 0. The van der Waals surface area contributed by atoms with Gasteiger partial charge in [-0.15, -0.1) is 0 Å². The lowest BCUT2D eigenvalue weighted by atomic mass is 10.2. The van der Waals surface area contributed by atoms with Crippen molar-refractivity contribution in [3.63, 3.8) is 0 Å². The van der Waals surface area contributed by atoms with Crippen molar-refractivity contribution in [3.8, 4) is 0 Å². The van der Waals surface area contributed by atoms with Crippen LogP contribution in [0, 0.1) is 27.7 Å². The molecule has 6 heteroatoms. The van der Waals surface area contributed by atoms with Crippen molar-refractivity contribution in [1.29, 1.82) is 0 Å². The lowest BCUT2D eigenvalue weighted by Gasteiger charge is -2.20. The van der Waals surface area contributed by atoms with Crippen molar-refractivity contribution in [3.05, 3.63) is 40.5 Å². The second-order valence-electron chi connectivity index (χ2n) is 5.94. The van der Waals surface area contributed by atoms with Crippen molar-refractivity contribution >= 4 is 11.5 Å². The van der Waals surface area contributed by atoms with E-state index in [9.17, 15) is 0 Å². The van der Waals surface area contributed by atoms with Gasteiger partial charge in [0, 0.05) is 49.2 Å². The molecule has 0 aliphatic rings. The summed E-state index contributed by atoms with van der Waals surface area (Å²) in [5, 5.41) is 8.95. The van der Waals surface area contributed by atoms with Crippen molar-refractivity contribution in [2.45, 2.75) is 34.2 Å². The molecule has 0 saturated carbocycles. The van der Waals surface area contributed by atoms with Crippen molar-refractivity contribution in [2.75, 3.05) is 11.9 Å². The molecule has 0 N–H and O–H groups in total. The summed E-state index contributed by atoms with van der Waals surface area (Å²) in [7, 11) is 4.04. The van der Waals surface area contributed by atoms with Gasteiger partial charge in [0.2, 0.25) is 0 Å². The maximum Gasteiger partial charge on any atom is 0.160 e. The van der Waals surface area contributed by atoms with Crippen LogP contribution in [0.15, 0.2) is 12.3 Å². The molecule has 0 saturated heterocycles. The highest BCUT2D eigenvalue weighted by atomic mass is 15.3. The third-order valence-corrected chi connectivity index (χ3v) is 4.30. The lowest BCUT2D eigenvalue weighted by molar-refractivity contribution is 0.735. The van der Waals surface area contributed by atoms with Gasteiger partial charge < -0.3 is 4.90 Å². The van der Waals surface area contributed by atoms with Crippen molar-refractivity contribution in [1.82, 2.24) is 24.4 Å². The zero-order chi connectivity index (χ0) is 16.0. The minimum absolute atomic E-state index is 0.788. The van der Waals surface area contributed by atoms with Gasteiger partial charge in [-0.25, -0.2) is 4.98 Å². The molecule has 0 aliphatic carbocycles. The Balaban J connectivity index is 2.05. The fourth-order valence-corrected chi connectivity index (χ4v) is 2.64. The number of nitrogens with zero attached hydrogens (tertiary/aromatic N) is 6. The molecule has 3 aromatic rings. The highest BCUT2D eigenvalue weighted by Crippen LogP contribution is 2.22. The number of hydrogen-bond donors (Lipinski definition) is 0. The molecule has 0 aliphatic heterocycles. The topological polar surface area (TPSA) is 51.2 Å². The number of rotatable bonds is 3. The predicted molar refractivity (Wildman–Crippen MR) is 87.3 cm³/mol. The molecule has 6 nitrogen and oxygen atoms in total. The van der Waals surface area contributed by atoms with Crippen LogP contribution in [-0.2, 0) is 13.6 Å². The standard InChI is InChI=1S/C16H22N6/c1-10-7-15(22-16(18-10)11(2)12(3)19-22)20(5)9-14-8-17-21(6)13(14)4/h7-8H,9H2,1-6H3. The molecule has 116 valence electrons. The van der Waals surface area contributed by atoms with E-state index in [2.05, 4.69) is 47.0 Å². The zero-order valence-corrected chi connectivity index (χ0v) is 14.0. The Hall–Kier alpha value is -2.37. The summed E-state index contributed by atoms with van der Waals surface area (Å²) in [5.74, 6) is 1.04. The smallest absolute Gasteiger partial charge is 0.160 e. The molecule has 3 aromatic heterocycles. The number of aromatic nitrogens is 5. The second-order valence-corrected chi connectivity index (χ2v) is 5.94. The average molecular weight is 298 g/mol. The highest BCUT2D eigenvalue weighted by molar-refractivity contribution is 5.56. The Morgan fingerprint density at radius 1 is 1.18 bits per heavy atom. The molecule has 0 fully saturated rings. The van der Waals surface area contributed by atoms with E-state index in [4.69, 9.17) is 0 Å². The normalized spacial score (nSPS) is 11.4. The maximum absolute atomic E-state index is 4.64. The SMILES string of the molecule is Cc1cc(N(C)Cc2cnn(C)c2C)n2nc(C)c(C)c2n1. The van der Waals surface area contributed by atoms with Gasteiger partial charge in [0.05, 0.1) is 11.9 Å². The zero-order valence-electron chi connectivity index (χ0n) is 14.0. The van der Waals surface area contributed by atoms with Crippen LogP contribution in [-0.4, -0.2) is 31.4 Å². The van der Waals surface area contributed by atoms with E-state index in [1.807, 2.05) is 36.3 Å². The van der Waals surface area contributed by atoms with Crippen LogP contribution < -0.4 is 4.90 Å². The van der Waals surface area contributed by atoms with Crippen LogP contribution in [0.3, 0.4) is 0 Å². The summed E-state index contributed by atoms with van der Waals surface area (Å²) < 4.78 is 3.84.